The fourth-order valence-electron chi connectivity index (χ4n) is 1.35. The zero-order chi connectivity index (χ0) is 13.9. The molecule has 1 atom stereocenters. The predicted molar refractivity (Wildman–Crippen MR) is 70.6 cm³/mol. The number of hydrazine groups is 1. The second-order valence-electron chi connectivity index (χ2n) is 5.37. The van der Waals surface area contributed by atoms with Crippen LogP contribution in [0.4, 0.5) is 10.1 Å². The molecule has 1 unspecified atom stereocenters. The molecule has 0 heterocycles. The van der Waals surface area contributed by atoms with E-state index in [0.29, 0.717) is 0 Å². The first kappa shape index (κ1) is 14.4. The maximum atomic E-state index is 13.5. The number of halogens is 1. The van der Waals surface area contributed by atoms with E-state index >= 15 is 0 Å². The van der Waals surface area contributed by atoms with Crippen LogP contribution in [-0.4, -0.2) is 11.9 Å². The van der Waals surface area contributed by atoms with Crippen molar-refractivity contribution in [3.8, 4) is 0 Å². The molecule has 5 heteroatoms. The van der Waals surface area contributed by atoms with Crippen LogP contribution in [0, 0.1) is 11.2 Å². The number of para-hydroxylation sites is 1. The number of nitrogens with one attached hydrogen (secondary N) is 2. The quantitative estimate of drug-likeness (QED) is 0.572. The smallest absolute Gasteiger partial charge is 0.253 e. The molecule has 0 aliphatic rings. The number of nitrogen functional groups attached to an aromatic ring is 1. The van der Waals surface area contributed by atoms with Crippen LogP contribution in [0.5, 0.6) is 0 Å². The Bertz CT molecular complexity index is 440. The minimum Gasteiger partial charge on any atom is -0.349 e. The molecule has 1 rings (SSSR count). The fraction of sp³-hybridized carbons (Fsp3) is 0.462. The van der Waals surface area contributed by atoms with Crippen molar-refractivity contribution in [3.05, 3.63) is 29.6 Å². The van der Waals surface area contributed by atoms with E-state index in [-0.39, 0.29) is 28.6 Å². The molecule has 0 saturated heterocycles. The summed E-state index contributed by atoms with van der Waals surface area (Å²) < 4.78 is 13.5. The summed E-state index contributed by atoms with van der Waals surface area (Å²) in [6.45, 7) is 7.97. The number of hydrogen-bond donors (Lipinski definition) is 3. The first-order chi connectivity index (χ1) is 8.27. The zero-order valence-corrected chi connectivity index (χ0v) is 11.2. The van der Waals surface area contributed by atoms with Crippen LogP contribution >= 0.6 is 0 Å². The van der Waals surface area contributed by atoms with E-state index < -0.39 is 5.82 Å². The van der Waals surface area contributed by atoms with E-state index in [2.05, 4.69) is 10.7 Å². The lowest BCUT2D eigenvalue weighted by Gasteiger charge is -2.28. The molecule has 0 aliphatic carbocycles. The van der Waals surface area contributed by atoms with E-state index in [4.69, 9.17) is 5.84 Å². The van der Waals surface area contributed by atoms with Gasteiger partial charge >= 0.3 is 0 Å². The molecule has 18 heavy (non-hydrogen) atoms. The van der Waals surface area contributed by atoms with Gasteiger partial charge in [-0.2, -0.15) is 0 Å². The molecule has 4 N–H and O–H groups in total. The van der Waals surface area contributed by atoms with Crippen LogP contribution < -0.4 is 16.6 Å². The number of anilines is 1. The summed E-state index contributed by atoms with van der Waals surface area (Å²) in [6, 6.07) is 4.22. The van der Waals surface area contributed by atoms with Crippen LogP contribution in [-0.2, 0) is 0 Å². The van der Waals surface area contributed by atoms with Gasteiger partial charge in [0.2, 0.25) is 0 Å². The number of rotatable bonds is 3. The molecule has 0 radical (unpaired) electrons. The number of nitrogens with two attached hydrogens (primary N) is 1. The highest BCUT2D eigenvalue weighted by Crippen LogP contribution is 2.22. The second-order valence-corrected chi connectivity index (χ2v) is 5.37. The van der Waals surface area contributed by atoms with Crippen LogP contribution in [0.25, 0.3) is 0 Å². The third kappa shape index (κ3) is 3.20. The molecule has 4 nitrogen and oxygen atoms in total. The Hall–Kier alpha value is -1.62. The number of hydrogen-bond acceptors (Lipinski definition) is 3. The van der Waals surface area contributed by atoms with Crippen molar-refractivity contribution in [2.75, 3.05) is 5.43 Å². The molecular formula is C13H20FN3O. The molecule has 0 saturated carbocycles. The Morgan fingerprint density at radius 2 is 2.00 bits per heavy atom. The van der Waals surface area contributed by atoms with Gasteiger partial charge in [-0.1, -0.05) is 26.8 Å². The average molecular weight is 253 g/mol. The maximum absolute atomic E-state index is 13.5. The van der Waals surface area contributed by atoms with E-state index in [1.807, 2.05) is 27.7 Å². The highest BCUT2D eigenvalue weighted by molar-refractivity contribution is 5.99. The van der Waals surface area contributed by atoms with Crippen molar-refractivity contribution in [2.45, 2.75) is 33.7 Å². The van der Waals surface area contributed by atoms with Gasteiger partial charge < -0.3 is 10.7 Å². The summed E-state index contributed by atoms with van der Waals surface area (Å²) in [7, 11) is 0. The monoisotopic (exact) mass is 253 g/mol. The largest absolute Gasteiger partial charge is 0.349 e. The topological polar surface area (TPSA) is 67.2 Å². The third-order valence-corrected chi connectivity index (χ3v) is 3.05. The van der Waals surface area contributed by atoms with Gasteiger partial charge in [-0.25, -0.2) is 4.39 Å². The highest BCUT2D eigenvalue weighted by Gasteiger charge is 2.23. The fourth-order valence-corrected chi connectivity index (χ4v) is 1.35. The summed E-state index contributed by atoms with van der Waals surface area (Å²) in [5, 5.41) is 2.84. The maximum Gasteiger partial charge on any atom is 0.253 e. The van der Waals surface area contributed by atoms with Gasteiger partial charge in [-0.15, -0.1) is 0 Å². The Morgan fingerprint density at radius 3 is 2.50 bits per heavy atom. The summed E-state index contributed by atoms with van der Waals surface area (Å²) in [5.74, 6) is 4.35. The average Bonchev–Trinajstić information content (AvgIpc) is 2.27. The third-order valence-electron chi connectivity index (χ3n) is 3.05. The van der Waals surface area contributed by atoms with E-state index in [9.17, 15) is 9.18 Å². The SMILES string of the molecule is CC(NC(=O)c1cccc(F)c1NN)C(C)(C)C. The molecule has 0 fully saturated rings. The molecule has 1 amide bonds. The van der Waals surface area contributed by atoms with Gasteiger partial charge in [-0.3, -0.25) is 10.6 Å². The molecule has 1 aromatic carbocycles. The van der Waals surface area contributed by atoms with Crippen molar-refractivity contribution in [3.63, 3.8) is 0 Å². The molecule has 0 bridgehead atoms. The van der Waals surface area contributed by atoms with Crippen LogP contribution in [0.1, 0.15) is 38.1 Å². The van der Waals surface area contributed by atoms with Gasteiger partial charge in [-0.05, 0) is 24.5 Å². The Balaban J connectivity index is 2.95. The first-order valence-corrected chi connectivity index (χ1v) is 5.83. The van der Waals surface area contributed by atoms with Crippen molar-refractivity contribution in [2.24, 2.45) is 11.3 Å². The Morgan fingerprint density at radius 1 is 1.39 bits per heavy atom. The first-order valence-electron chi connectivity index (χ1n) is 5.83. The van der Waals surface area contributed by atoms with Gasteiger partial charge in [0.05, 0.1) is 11.3 Å². The van der Waals surface area contributed by atoms with Crippen LogP contribution in [0.15, 0.2) is 18.2 Å². The van der Waals surface area contributed by atoms with Gasteiger partial charge in [0.1, 0.15) is 5.82 Å². The zero-order valence-electron chi connectivity index (χ0n) is 11.2. The lowest BCUT2D eigenvalue weighted by molar-refractivity contribution is 0.0910. The van der Waals surface area contributed by atoms with Crippen LogP contribution in [0.2, 0.25) is 0 Å². The summed E-state index contributed by atoms with van der Waals surface area (Å²) in [4.78, 5) is 12.1. The molecule has 0 spiro atoms. The lowest BCUT2D eigenvalue weighted by Crippen LogP contribution is -2.41. The van der Waals surface area contributed by atoms with Crippen molar-refractivity contribution < 1.29 is 9.18 Å². The van der Waals surface area contributed by atoms with Gasteiger partial charge in [0, 0.05) is 6.04 Å². The van der Waals surface area contributed by atoms with E-state index in [1.165, 1.54) is 18.2 Å². The number of carbonyl (C=O) groups is 1. The van der Waals surface area contributed by atoms with Crippen molar-refractivity contribution in [1.29, 1.82) is 0 Å². The Labute approximate surface area is 107 Å². The normalized spacial score (nSPS) is 13.0. The number of amides is 1. The van der Waals surface area contributed by atoms with Gasteiger partial charge in [0.15, 0.2) is 0 Å². The molecule has 1 aromatic rings. The molecule has 100 valence electrons. The second kappa shape index (κ2) is 5.35. The minimum atomic E-state index is -0.548. The summed E-state index contributed by atoms with van der Waals surface area (Å²) in [6.07, 6.45) is 0. The highest BCUT2D eigenvalue weighted by atomic mass is 19.1. The minimum absolute atomic E-state index is 0.0103. The number of benzene rings is 1. The number of carbonyl (C=O) groups excluding carboxylic acids is 1. The predicted octanol–water partition coefficient (Wildman–Crippen LogP) is 2.28. The molecule has 0 aromatic heterocycles. The van der Waals surface area contributed by atoms with E-state index in [0.717, 1.165) is 0 Å². The summed E-state index contributed by atoms with van der Waals surface area (Å²) >= 11 is 0. The molecular weight excluding hydrogens is 233 g/mol. The lowest BCUT2D eigenvalue weighted by atomic mass is 9.88. The summed E-state index contributed by atoms with van der Waals surface area (Å²) in [5.41, 5.74) is 2.36. The van der Waals surface area contributed by atoms with Crippen molar-refractivity contribution >= 4 is 11.6 Å². The standard InChI is InChI=1S/C13H20FN3O/c1-8(13(2,3)4)16-12(18)9-6-5-7-10(14)11(9)17-15/h5-8,17H,15H2,1-4H3,(H,16,18). The van der Waals surface area contributed by atoms with Crippen LogP contribution in [0.3, 0.4) is 0 Å². The Kier molecular flexibility index (Phi) is 4.29. The van der Waals surface area contributed by atoms with Gasteiger partial charge in [0.25, 0.3) is 5.91 Å². The van der Waals surface area contributed by atoms with Crippen molar-refractivity contribution in [1.82, 2.24) is 5.32 Å². The van der Waals surface area contributed by atoms with E-state index in [1.54, 1.807) is 0 Å². The molecule has 0 aliphatic heterocycles.